The summed E-state index contributed by atoms with van der Waals surface area (Å²) in [6.45, 7) is 3.56. The number of hydrogen-bond acceptors (Lipinski definition) is 8. The highest BCUT2D eigenvalue weighted by molar-refractivity contribution is 7.99. The molecule has 0 radical (unpaired) electrons. The van der Waals surface area contributed by atoms with Gasteiger partial charge in [-0.25, -0.2) is 4.79 Å². The molecule has 34 heavy (non-hydrogen) atoms. The number of carboxylic acid groups (broad SMARTS) is 2. The fourth-order valence-electron chi connectivity index (χ4n) is 2.98. The molecule has 2 aromatic rings. The van der Waals surface area contributed by atoms with E-state index in [1.165, 1.54) is 11.8 Å². The lowest BCUT2D eigenvalue weighted by Crippen LogP contribution is -2.49. The number of aliphatic hydroxyl groups is 1. The van der Waals surface area contributed by atoms with Gasteiger partial charge < -0.3 is 30.7 Å². The highest BCUT2D eigenvalue weighted by atomic mass is 32.2. The third-order valence-corrected chi connectivity index (χ3v) is 5.73. The topological polar surface area (TPSA) is 175 Å². The third kappa shape index (κ3) is 8.19. The van der Waals surface area contributed by atoms with Crippen LogP contribution in [-0.2, 0) is 19.2 Å². The summed E-state index contributed by atoms with van der Waals surface area (Å²) in [7, 11) is 0. The van der Waals surface area contributed by atoms with Crippen molar-refractivity contribution in [1.82, 2.24) is 15.6 Å². The monoisotopic (exact) mass is 493 g/mol. The molecule has 0 aliphatic carbocycles. The fraction of sp³-hybridized carbons (Fsp3) is 0.409. The lowest BCUT2D eigenvalue weighted by Gasteiger charge is -2.19. The van der Waals surface area contributed by atoms with Crippen LogP contribution in [-0.4, -0.2) is 75.1 Å². The molecule has 5 N–H and O–H groups in total. The molecule has 2 rings (SSSR count). The van der Waals surface area contributed by atoms with E-state index in [1.54, 1.807) is 6.07 Å². The summed E-state index contributed by atoms with van der Waals surface area (Å²) in [5, 5.41) is 32.5. The van der Waals surface area contributed by atoms with E-state index in [9.17, 15) is 24.3 Å². The second-order valence-electron chi connectivity index (χ2n) is 7.31. The largest absolute Gasteiger partial charge is 0.494 e. The van der Waals surface area contributed by atoms with E-state index >= 15 is 0 Å². The first kappa shape index (κ1) is 26.9. The summed E-state index contributed by atoms with van der Waals surface area (Å²) in [5.74, 6) is -3.32. The molecule has 12 heteroatoms. The zero-order valence-electron chi connectivity index (χ0n) is 18.7. The highest BCUT2D eigenvalue weighted by Crippen LogP contribution is 2.31. The molecule has 0 saturated heterocycles. The van der Waals surface area contributed by atoms with E-state index in [0.717, 1.165) is 21.5 Å². The van der Waals surface area contributed by atoms with Crippen molar-refractivity contribution in [2.75, 3.05) is 18.9 Å². The summed E-state index contributed by atoms with van der Waals surface area (Å²) in [6.07, 6.45) is -2.35. The van der Waals surface area contributed by atoms with Gasteiger partial charge in [-0.3, -0.25) is 19.4 Å². The number of hydrogen-bond donors (Lipinski definition) is 5. The van der Waals surface area contributed by atoms with Crippen LogP contribution < -0.4 is 15.4 Å². The van der Waals surface area contributed by atoms with Crippen molar-refractivity contribution in [1.29, 1.82) is 0 Å². The SMILES string of the molecule is CCOc1ccc2nc(C)cc(SC[C@@H](NC(=O)CC[C@H](O)C(=O)O)C(=O)NCC(=O)O)c2c1. The van der Waals surface area contributed by atoms with Gasteiger partial charge in [0.2, 0.25) is 11.8 Å². The first-order chi connectivity index (χ1) is 16.1. The number of ether oxygens (including phenoxy) is 1. The molecule has 1 aromatic heterocycles. The fourth-order valence-corrected chi connectivity index (χ4v) is 4.13. The minimum Gasteiger partial charge on any atom is -0.494 e. The minimum absolute atomic E-state index is 0.0656. The molecule has 2 amide bonds. The molecule has 0 saturated carbocycles. The van der Waals surface area contributed by atoms with Crippen molar-refractivity contribution in [3.63, 3.8) is 0 Å². The third-order valence-electron chi connectivity index (χ3n) is 4.58. The van der Waals surface area contributed by atoms with Crippen LogP contribution in [0.1, 0.15) is 25.5 Å². The lowest BCUT2D eigenvalue weighted by molar-refractivity contribution is -0.147. The second kappa shape index (κ2) is 12.8. The van der Waals surface area contributed by atoms with E-state index in [4.69, 9.17) is 14.9 Å². The highest BCUT2D eigenvalue weighted by Gasteiger charge is 2.23. The number of benzene rings is 1. The number of nitrogens with zero attached hydrogens (tertiary/aromatic N) is 1. The Labute approximate surface area is 199 Å². The molecule has 0 unspecified atom stereocenters. The second-order valence-corrected chi connectivity index (χ2v) is 8.37. The number of rotatable bonds is 13. The number of carbonyl (C=O) groups excluding carboxylic acids is 2. The van der Waals surface area contributed by atoms with Gasteiger partial charge in [0, 0.05) is 28.1 Å². The van der Waals surface area contributed by atoms with Crippen molar-refractivity contribution in [3.05, 3.63) is 30.0 Å². The quantitative estimate of drug-likeness (QED) is 0.253. The van der Waals surface area contributed by atoms with Crippen molar-refractivity contribution >= 4 is 46.4 Å². The molecule has 184 valence electrons. The number of aromatic nitrogens is 1. The molecule has 1 aromatic carbocycles. The molecule has 2 atom stereocenters. The predicted molar refractivity (Wildman–Crippen MR) is 124 cm³/mol. The smallest absolute Gasteiger partial charge is 0.332 e. The predicted octanol–water partition coefficient (Wildman–Crippen LogP) is 0.945. The van der Waals surface area contributed by atoms with Gasteiger partial charge in [-0.15, -0.1) is 11.8 Å². The normalized spacial score (nSPS) is 12.6. The Morgan fingerprint density at radius 1 is 1.18 bits per heavy atom. The van der Waals surface area contributed by atoms with Crippen molar-refractivity contribution in [2.24, 2.45) is 0 Å². The first-order valence-electron chi connectivity index (χ1n) is 10.5. The molecule has 1 heterocycles. The standard InChI is InChI=1S/C22H27N3O8S/c1-3-33-13-4-5-15-14(9-13)18(8-12(2)24-15)34-11-16(21(30)23-10-20(28)29)25-19(27)7-6-17(26)22(31)32/h4-5,8-9,16-17,26H,3,6-7,10-11H2,1-2H3,(H,23,30)(H,25,27)(H,28,29)(H,31,32)/t16-,17+/m1/s1. The molecule has 0 bridgehead atoms. The average Bonchev–Trinajstić information content (AvgIpc) is 2.78. The van der Waals surface area contributed by atoms with Crippen LogP contribution in [0.3, 0.4) is 0 Å². The maximum absolute atomic E-state index is 12.5. The summed E-state index contributed by atoms with van der Waals surface area (Å²) in [5.41, 5.74) is 1.47. The van der Waals surface area contributed by atoms with Crippen LogP contribution >= 0.6 is 11.8 Å². The molecule has 0 fully saturated rings. The number of fused-ring (bicyclic) bond motifs is 1. The summed E-state index contributed by atoms with van der Waals surface area (Å²) < 4.78 is 5.56. The molecule has 0 spiro atoms. The van der Waals surface area contributed by atoms with Gasteiger partial charge in [0.1, 0.15) is 18.3 Å². The molecular weight excluding hydrogens is 466 g/mol. The number of aliphatic hydroxyl groups excluding tert-OH is 1. The van der Waals surface area contributed by atoms with E-state index in [1.807, 2.05) is 32.0 Å². The van der Waals surface area contributed by atoms with E-state index < -0.39 is 42.4 Å². The average molecular weight is 494 g/mol. The van der Waals surface area contributed by atoms with E-state index in [-0.39, 0.29) is 18.6 Å². The number of pyridine rings is 1. The van der Waals surface area contributed by atoms with Crippen molar-refractivity contribution in [3.8, 4) is 5.75 Å². The number of aryl methyl sites for hydroxylation is 1. The number of amides is 2. The van der Waals surface area contributed by atoms with E-state index in [0.29, 0.717) is 12.4 Å². The zero-order valence-corrected chi connectivity index (χ0v) is 19.6. The molecule has 11 nitrogen and oxygen atoms in total. The number of nitrogens with one attached hydrogen (secondary N) is 2. The zero-order chi connectivity index (χ0) is 25.3. The van der Waals surface area contributed by atoms with Crippen molar-refractivity contribution < 1.29 is 39.2 Å². The Morgan fingerprint density at radius 3 is 2.56 bits per heavy atom. The maximum atomic E-state index is 12.5. The Balaban J connectivity index is 2.20. The lowest BCUT2D eigenvalue weighted by atomic mass is 10.2. The summed E-state index contributed by atoms with van der Waals surface area (Å²) in [6, 6.07) is 6.20. The number of carbonyl (C=O) groups is 4. The van der Waals surface area contributed by atoms with Gasteiger partial charge in [0.05, 0.1) is 12.1 Å². The van der Waals surface area contributed by atoms with Gasteiger partial charge in [0.15, 0.2) is 6.10 Å². The number of thioether (sulfide) groups is 1. The molecule has 0 aliphatic heterocycles. The van der Waals surface area contributed by atoms with Gasteiger partial charge in [0.25, 0.3) is 0 Å². The van der Waals surface area contributed by atoms with E-state index in [2.05, 4.69) is 15.6 Å². The van der Waals surface area contributed by atoms with Gasteiger partial charge >= 0.3 is 11.9 Å². The number of carboxylic acids is 2. The Morgan fingerprint density at radius 2 is 1.91 bits per heavy atom. The van der Waals surface area contributed by atoms with Crippen LogP contribution in [0.4, 0.5) is 0 Å². The van der Waals surface area contributed by atoms with Crippen LogP contribution in [0.2, 0.25) is 0 Å². The maximum Gasteiger partial charge on any atom is 0.332 e. The van der Waals surface area contributed by atoms with Crippen LogP contribution in [0.15, 0.2) is 29.2 Å². The van der Waals surface area contributed by atoms with Gasteiger partial charge in [-0.05, 0) is 44.5 Å². The Bertz CT molecular complexity index is 1060. The number of aliphatic carboxylic acids is 2. The van der Waals surface area contributed by atoms with Gasteiger partial charge in [-0.1, -0.05) is 0 Å². The van der Waals surface area contributed by atoms with Crippen LogP contribution in [0, 0.1) is 6.92 Å². The Hall–Kier alpha value is -3.38. The minimum atomic E-state index is -1.70. The first-order valence-corrected chi connectivity index (χ1v) is 11.5. The summed E-state index contributed by atoms with van der Waals surface area (Å²) in [4.78, 5) is 51.7. The van der Waals surface area contributed by atoms with Crippen LogP contribution in [0.5, 0.6) is 5.75 Å². The van der Waals surface area contributed by atoms with Crippen LogP contribution in [0.25, 0.3) is 10.9 Å². The van der Waals surface area contributed by atoms with Crippen molar-refractivity contribution in [2.45, 2.75) is 43.7 Å². The summed E-state index contributed by atoms with van der Waals surface area (Å²) >= 11 is 1.27. The van der Waals surface area contributed by atoms with Gasteiger partial charge in [-0.2, -0.15) is 0 Å². The Kier molecular flexibility index (Phi) is 10.1. The molecular formula is C22H27N3O8S. The molecule has 0 aliphatic rings.